The molecule has 1 N–H and O–H groups in total. The normalized spacial score (nSPS) is 11.8. The first-order valence-electron chi connectivity index (χ1n) is 7.85. The molecule has 1 aromatic rings. The van der Waals surface area contributed by atoms with Gasteiger partial charge in [0.25, 0.3) is 0 Å². The average Bonchev–Trinajstić information content (AvgIpc) is 2.53. The van der Waals surface area contributed by atoms with Crippen LogP contribution in [0, 0.1) is 0 Å². The smallest absolute Gasteiger partial charge is 0.242 e. The second-order valence-corrected chi connectivity index (χ2v) is 5.59. The summed E-state index contributed by atoms with van der Waals surface area (Å²) in [6.45, 7) is 6.69. The Bertz CT molecular complexity index is 505. The van der Waals surface area contributed by atoms with Crippen molar-refractivity contribution in [1.29, 1.82) is 0 Å². The standard InChI is InChI=1S/C17H25ClN2O2/c1-4-11-19-17(22)15(5-2)20(16(21)6-3)12-13-9-7-8-10-14(13)18/h7-10,15H,4-6,11-12H2,1-3H3,(H,19,22). The second-order valence-electron chi connectivity index (χ2n) is 5.18. The Balaban J connectivity index is 2.98. The summed E-state index contributed by atoms with van der Waals surface area (Å²) in [5, 5.41) is 3.49. The number of nitrogens with one attached hydrogen (secondary N) is 1. The van der Waals surface area contributed by atoms with E-state index in [4.69, 9.17) is 11.6 Å². The highest BCUT2D eigenvalue weighted by molar-refractivity contribution is 6.31. The molecule has 0 fully saturated rings. The molecule has 0 aliphatic heterocycles. The highest BCUT2D eigenvalue weighted by atomic mass is 35.5. The predicted molar refractivity (Wildman–Crippen MR) is 89.7 cm³/mol. The van der Waals surface area contributed by atoms with Gasteiger partial charge >= 0.3 is 0 Å². The number of nitrogens with zero attached hydrogens (tertiary/aromatic N) is 1. The highest BCUT2D eigenvalue weighted by Crippen LogP contribution is 2.20. The molecule has 0 saturated carbocycles. The van der Waals surface area contributed by atoms with Crippen molar-refractivity contribution < 1.29 is 9.59 Å². The lowest BCUT2D eigenvalue weighted by molar-refractivity contribution is -0.141. The quantitative estimate of drug-likeness (QED) is 0.797. The minimum Gasteiger partial charge on any atom is -0.354 e. The fourth-order valence-corrected chi connectivity index (χ4v) is 2.49. The van der Waals surface area contributed by atoms with Crippen LogP contribution < -0.4 is 5.32 Å². The number of amides is 2. The summed E-state index contributed by atoms with van der Waals surface area (Å²) in [5.41, 5.74) is 0.854. The zero-order chi connectivity index (χ0) is 16.5. The Morgan fingerprint density at radius 3 is 2.45 bits per heavy atom. The predicted octanol–water partition coefficient (Wildman–Crippen LogP) is 3.38. The van der Waals surface area contributed by atoms with Gasteiger partial charge in [0.2, 0.25) is 11.8 Å². The van der Waals surface area contributed by atoms with E-state index in [1.807, 2.05) is 32.0 Å². The van der Waals surface area contributed by atoms with Gasteiger partial charge in [-0.25, -0.2) is 0 Å². The van der Waals surface area contributed by atoms with Gasteiger partial charge in [0.05, 0.1) is 0 Å². The van der Waals surface area contributed by atoms with Crippen LogP contribution in [0.15, 0.2) is 24.3 Å². The van der Waals surface area contributed by atoms with Crippen LogP contribution in [0.25, 0.3) is 0 Å². The van der Waals surface area contributed by atoms with Crippen LogP contribution in [-0.4, -0.2) is 29.3 Å². The lowest BCUT2D eigenvalue weighted by Crippen LogP contribution is -2.49. The first-order chi connectivity index (χ1) is 10.5. The molecule has 0 aliphatic carbocycles. The topological polar surface area (TPSA) is 49.4 Å². The molecule has 1 rings (SSSR count). The molecule has 0 heterocycles. The maximum Gasteiger partial charge on any atom is 0.242 e. The lowest BCUT2D eigenvalue weighted by Gasteiger charge is -2.30. The molecule has 122 valence electrons. The molecule has 1 unspecified atom stereocenters. The van der Waals surface area contributed by atoms with Crippen LogP contribution in [0.1, 0.15) is 45.6 Å². The van der Waals surface area contributed by atoms with E-state index in [1.54, 1.807) is 17.9 Å². The summed E-state index contributed by atoms with van der Waals surface area (Å²) in [6, 6.07) is 6.95. The molecule has 5 heteroatoms. The van der Waals surface area contributed by atoms with Gasteiger partial charge in [-0.2, -0.15) is 0 Å². The number of halogens is 1. The maximum atomic E-state index is 12.3. The molecule has 1 atom stereocenters. The van der Waals surface area contributed by atoms with Crippen LogP contribution in [0.2, 0.25) is 5.02 Å². The van der Waals surface area contributed by atoms with Crippen molar-refractivity contribution in [3.8, 4) is 0 Å². The first kappa shape index (κ1) is 18.5. The molecular formula is C17H25ClN2O2. The molecule has 0 bridgehead atoms. The van der Waals surface area contributed by atoms with Crippen molar-refractivity contribution in [2.75, 3.05) is 6.54 Å². The Morgan fingerprint density at radius 1 is 1.23 bits per heavy atom. The number of hydrogen-bond donors (Lipinski definition) is 1. The van der Waals surface area contributed by atoms with Crippen molar-refractivity contribution in [2.24, 2.45) is 0 Å². The minimum absolute atomic E-state index is 0.0431. The van der Waals surface area contributed by atoms with Gasteiger partial charge in [0.1, 0.15) is 6.04 Å². The Kier molecular flexibility index (Phi) is 7.96. The second kappa shape index (κ2) is 9.46. The number of rotatable bonds is 8. The minimum atomic E-state index is -0.463. The van der Waals surface area contributed by atoms with E-state index in [-0.39, 0.29) is 11.8 Å². The van der Waals surface area contributed by atoms with Crippen molar-refractivity contribution in [2.45, 2.75) is 52.6 Å². The Morgan fingerprint density at radius 2 is 1.91 bits per heavy atom. The fraction of sp³-hybridized carbons (Fsp3) is 0.529. The van der Waals surface area contributed by atoms with Gasteiger partial charge in [0.15, 0.2) is 0 Å². The van der Waals surface area contributed by atoms with E-state index in [9.17, 15) is 9.59 Å². The van der Waals surface area contributed by atoms with Gasteiger partial charge in [-0.05, 0) is 24.5 Å². The van der Waals surface area contributed by atoms with Crippen LogP contribution in [0.3, 0.4) is 0 Å². The fourth-order valence-electron chi connectivity index (χ4n) is 2.30. The third-order valence-electron chi connectivity index (χ3n) is 3.54. The molecule has 0 saturated heterocycles. The largest absolute Gasteiger partial charge is 0.354 e. The van der Waals surface area contributed by atoms with Crippen LogP contribution in [0.4, 0.5) is 0 Å². The van der Waals surface area contributed by atoms with Crippen molar-refractivity contribution >= 4 is 23.4 Å². The van der Waals surface area contributed by atoms with Gasteiger partial charge < -0.3 is 10.2 Å². The zero-order valence-corrected chi connectivity index (χ0v) is 14.3. The van der Waals surface area contributed by atoms with E-state index in [2.05, 4.69) is 5.32 Å². The van der Waals surface area contributed by atoms with Gasteiger partial charge in [-0.1, -0.05) is 50.6 Å². The molecule has 4 nitrogen and oxygen atoms in total. The third kappa shape index (κ3) is 5.02. The van der Waals surface area contributed by atoms with E-state index in [0.717, 1.165) is 12.0 Å². The van der Waals surface area contributed by atoms with Gasteiger partial charge in [-0.15, -0.1) is 0 Å². The summed E-state index contributed by atoms with van der Waals surface area (Å²) in [4.78, 5) is 26.3. The summed E-state index contributed by atoms with van der Waals surface area (Å²) >= 11 is 6.19. The molecule has 2 amide bonds. The summed E-state index contributed by atoms with van der Waals surface area (Å²) < 4.78 is 0. The first-order valence-corrected chi connectivity index (χ1v) is 8.23. The number of carbonyl (C=O) groups excluding carboxylic acids is 2. The summed E-state index contributed by atoms with van der Waals surface area (Å²) in [7, 11) is 0. The van der Waals surface area contributed by atoms with Crippen LogP contribution in [0.5, 0.6) is 0 Å². The molecule has 22 heavy (non-hydrogen) atoms. The van der Waals surface area contributed by atoms with Crippen molar-refractivity contribution in [3.05, 3.63) is 34.9 Å². The van der Waals surface area contributed by atoms with E-state index < -0.39 is 6.04 Å². The van der Waals surface area contributed by atoms with Crippen molar-refractivity contribution in [3.63, 3.8) is 0 Å². The SMILES string of the molecule is CCCNC(=O)C(CC)N(Cc1ccccc1Cl)C(=O)CC. The Hall–Kier alpha value is -1.55. The average molecular weight is 325 g/mol. The highest BCUT2D eigenvalue weighted by Gasteiger charge is 2.27. The van der Waals surface area contributed by atoms with E-state index in [0.29, 0.717) is 31.0 Å². The van der Waals surface area contributed by atoms with E-state index >= 15 is 0 Å². The zero-order valence-electron chi connectivity index (χ0n) is 13.6. The van der Waals surface area contributed by atoms with Crippen LogP contribution in [-0.2, 0) is 16.1 Å². The van der Waals surface area contributed by atoms with Gasteiger partial charge in [-0.3, -0.25) is 9.59 Å². The number of hydrogen-bond acceptors (Lipinski definition) is 2. The molecular weight excluding hydrogens is 300 g/mol. The summed E-state index contributed by atoms with van der Waals surface area (Å²) in [5.74, 6) is -0.142. The third-order valence-corrected chi connectivity index (χ3v) is 3.90. The van der Waals surface area contributed by atoms with Crippen molar-refractivity contribution in [1.82, 2.24) is 10.2 Å². The monoisotopic (exact) mass is 324 g/mol. The molecule has 0 spiro atoms. The van der Waals surface area contributed by atoms with E-state index in [1.165, 1.54) is 0 Å². The number of carbonyl (C=O) groups is 2. The van der Waals surface area contributed by atoms with Gasteiger partial charge in [0, 0.05) is 24.5 Å². The molecule has 1 aromatic carbocycles. The lowest BCUT2D eigenvalue weighted by atomic mass is 10.1. The molecule has 0 radical (unpaired) electrons. The molecule has 0 aliphatic rings. The maximum absolute atomic E-state index is 12.3. The van der Waals surface area contributed by atoms with Crippen LogP contribution >= 0.6 is 11.6 Å². The molecule has 0 aromatic heterocycles. The number of benzene rings is 1. The summed E-state index contributed by atoms with van der Waals surface area (Å²) in [6.07, 6.45) is 1.81. The Labute approximate surface area is 137 Å².